The predicted octanol–water partition coefficient (Wildman–Crippen LogP) is -1.39. The van der Waals surface area contributed by atoms with Crippen molar-refractivity contribution in [1.29, 1.82) is 0 Å². The molecule has 0 unspecified atom stereocenters. The van der Waals surface area contributed by atoms with Crippen LogP contribution in [0.4, 0.5) is 0 Å². The van der Waals surface area contributed by atoms with E-state index in [-0.39, 0.29) is 31.5 Å². The minimum absolute atomic E-state index is 0.116. The Labute approximate surface area is 57.5 Å². The van der Waals surface area contributed by atoms with E-state index in [1.165, 1.54) is 0 Å². The van der Waals surface area contributed by atoms with Crippen LogP contribution in [0.3, 0.4) is 0 Å². The first-order valence-corrected chi connectivity index (χ1v) is 2.76. The highest BCUT2D eigenvalue weighted by molar-refractivity contribution is 4.12. The summed E-state index contributed by atoms with van der Waals surface area (Å²) in [6.45, 7) is -0.730. The molecule has 0 atom stereocenters. The lowest BCUT2D eigenvalue weighted by Crippen LogP contribution is -2.15. The van der Waals surface area contributed by atoms with Crippen LogP contribution < -0.4 is 0 Å². The second kappa shape index (κ2) is 6.24. The zero-order valence-corrected chi connectivity index (χ0v) is 5.39. The molecule has 0 spiro atoms. The van der Waals surface area contributed by atoms with E-state index in [0.29, 0.717) is 0 Å². The summed E-state index contributed by atoms with van der Waals surface area (Å²) >= 11 is 0. The van der Waals surface area contributed by atoms with Crippen LogP contribution in [0.15, 0.2) is 0 Å². The second-order valence-corrected chi connectivity index (χ2v) is 1.34. The van der Waals surface area contributed by atoms with Gasteiger partial charge in [0.05, 0.1) is 13.2 Å². The van der Waals surface area contributed by atoms with Gasteiger partial charge in [0.1, 0.15) is 4.91 Å². The standard InChI is InChI=1S/C4H10NO5/c6-1-3-9-5(8)10-4-2-7/h6-7H,1-4H2/q+1. The quantitative estimate of drug-likeness (QED) is 0.458. The minimum Gasteiger partial charge on any atom is -0.393 e. The number of aliphatic hydroxyl groups excluding tert-OH is 2. The van der Waals surface area contributed by atoms with Gasteiger partial charge in [-0.3, -0.25) is 0 Å². The topological polar surface area (TPSA) is 79.0 Å². The van der Waals surface area contributed by atoms with Gasteiger partial charge in [0.15, 0.2) is 13.2 Å². The second-order valence-electron chi connectivity index (χ2n) is 1.34. The fourth-order valence-electron chi connectivity index (χ4n) is 0.268. The normalized spacial score (nSPS) is 9.00. The zero-order valence-electron chi connectivity index (χ0n) is 5.39. The average Bonchev–Trinajstić information content (AvgIpc) is 1.97. The number of hydrogen-bond donors (Lipinski definition) is 2. The molecule has 0 fully saturated rings. The van der Waals surface area contributed by atoms with Crippen LogP contribution in [0.5, 0.6) is 0 Å². The molecule has 0 rings (SSSR count). The smallest absolute Gasteiger partial charge is 0.393 e. The number of nitrogens with zero attached hydrogens (tertiary/aromatic N) is 1. The molecule has 0 amide bonds. The van der Waals surface area contributed by atoms with E-state index in [2.05, 4.69) is 9.68 Å². The van der Waals surface area contributed by atoms with Gasteiger partial charge in [0.2, 0.25) is 0 Å². The molecular formula is C4H10NO5+. The van der Waals surface area contributed by atoms with Gasteiger partial charge in [-0.1, -0.05) is 0 Å². The maximum atomic E-state index is 10.2. The van der Waals surface area contributed by atoms with Crippen molar-refractivity contribution in [2.24, 2.45) is 0 Å². The summed E-state index contributed by atoms with van der Waals surface area (Å²) in [5.74, 6) is 0. The van der Waals surface area contributed by atoms with Gasteiger partial charge in [-0.2, -0.15) is 9.68 Å². The molecule has 0 saturated heterocycles. The van der Waals surface area contributed by atoms with E-state index in [1.54, 1.807) is 0 Å². The molecule has 0 aliphatic rings. The first-order valence-electron chi connectivity index (χ1n) is 2.76. The average molecular weight is 152 g/mol. The molecule has 0 aromatic carbocycles. The van der Waals surface area contributed by atoms with E-state index in [9.17, 15) is 4.91 Å². The highest BCUT2D eigenvalue weighted by Gasteiger charge is 2.09. The summed E-state index contributed by atoms with van der Waals surface area (Å²) in [6.07, 6.45) is 0. The van der Waals surface area contributed by atoms with Crippen molar-refractivity contribution in [3.8, 4) is 0 Å². The van der Waals surface area contributed by atoms with Crippen molar-refractivity contribution in [3.05, 3.63) is 4.91 Å². The fourth-order valence-corrected chi connectivity index (χ4v) is 0.268. The third-order valence-corrected chi connectivity index (χ3v) is 0.576. The Morgan fingerprint density at radius 2 is 1.50 bits per heavy atom. The van der Waals surface area contributed by atoms with Crippen LogP contribution in [0.1, 0.15) is 0 Å². The molecular weight excluding hydrogens is 142 g/mol. The minimum atomic E-state index is -0.249. The van der Waals surface area contributed by atoms with Gasteiger partial charge in [-0.15, -0.1) is 0 Å². The van der Waals surface area contributed by atoms with Gasteiger partial charge in [0, 0.05) is 0 Å². The molecule has 0 aromatic rings. The number of rotatable bonds is 6. The van der Waals surface area contributed by atoms with E-state index in [4.69, 9.17) is 10.2 Å². The monoisotopic (exact) mass is 152 g/mol. The fraction of sp³-hybridized carbons (Fsp3) is 1.00. The molecule has 6 nitrogen and oxygen atoms in total. The summed E-state index contributed by atoms with van der Waals surface area (Å²) < 4.78 is 0. The van der Waals surface area contributed by atoms with Gasteiger partial charge >= 0.3 is 5.09 Å². The van der Waals surface area contributed by atoms with Crippen LogP contribution >= 0.6 is 0 Å². The highest BCUT2D eigenvalue weighted by Crippen LogP contribution is 1.79. The molecule has 0 heterocycles. The molecule has 60 valence electrons. The highest BCUT2D eigenvalue weighted by atomic mass is 17.0. The lowest BCUT2D eigenvalue weighted by atomic mass is 10.8. The predicted molar refractivity (Wildman–Crippen MR) is 29.7 cm³/mol. The third-order valence-electron chi connectivity index (χ3n) is 0.576. The lowest BCUT2D eigenvalue weighted by Gasteiger charge is -1.89. The van der Waals surface area contributed by atoms with Crippen molar-refractivity contribution in [1.82, 2.24) is 0 Å². The van der Waals surface area contributed by atoms with Crippen molar-refractivity contribution < 1.29 is 25.0 Å². The van der Waals surface area contributed by atoms with Crippen molar-refractivity contribution in [2.75, 3.05) is 26.4 Å². The van der Waals surface area contributed by atoms with Crippen LogP contribution in [0, 0.1) is 4.91 Å². The van der Waals surface area contributed by atoms with Crippen LogP contribution in [-0.2, 0) is 9.68 Å². The zero-order chi connectivity index (χ0) is 7.82. The van der Waals surface area contributed by atoms with Gasteiger partial charge in [0.25, 0.3) is 0 Å². The maximum Gasteiger partial charge on any atom is 0.477 e. The Hall–Kier alpha value is -0.880. The Morgan fingerprint density at radius 1 is 1.10 bits per heavy atom. The molecule has 2 N–H and O–H groups in total. The molecule has 0 aromatic heterocycles. The number of aliphatic hydroxyl groups is 2. The maximum absolute atomic E-state index is 10.2. The first-order chi connectivity index (χ1) is 4.81. The first kappa shape index (κ1) is 9.12. The van der Waals surface area contributed by atoms with E-state index in [1.807, 2.05) is 0 Å². The largest absolute Gasteiger partial charge is 0.477 e. The SMILES string of the molecule is O=[N+](OCCO)OCCO. The summed E-state index contributed by atoms with van der Waals surface area (Å²) in [7, 11) is 0. The summed E-state index contributed by atoms with van der Waals surface area (Å²) in [6, 6.07) is 0. The van der Waals surface area contributed by atoms with Gasteiger partial charge < -0.3 is 10.2 Å². The molecule has 6 heteroatoms. The summed E-state index contributed by atoms with van der Waals surface area (Å²) in [4.78, 5) is 18.6. The lowest BCUT2D eigenvalue weighted by molar-refractivity contribution is -0.981. The van der Waals surface area contributed by atoms with Crippen molar-refractivity contribution >= 4 is 0 Å². The van der Waals surface area contributed by atoms with Gasteiger partial charge in [-0.05, 0) is 0 Å². The van der Waals surface area contributed by atoms with E-state index in [0.717, 1.165) is 0 Å². The van der Waals surface area contributed by atoms with Crippen LogP contribution in [0.2, 0.25) is 0 Å². The van der Waals surface area contributed by atoms with Gasteiger partial charge in [-0.25, -0.2) is 0 Å². The van der Waals surface area contributed by atoms with E-state index >= 15 is 0 Å². The molecule has 0 bridgehead atoms. The molecule has 10 heavy (non-hydrogen) atoms. The van der Waals surface area contributed by atoms with Crippen LogP contribution in [-0.4, -0.2) is 41.7 Å². The molecule has 0 aliphatic carbocycles. The van der Waals surface area contributed by atoms with Crippen molar-refractivity contribution in [3.63, 3.8) is 0 Å². The number of hydrogen-bond acceptors (Lipinski definition) is 5. The summed E-state index contributed by atoms with van der Waals surface area (Å²) in [5.41, 5.74) is 0. The Morgan fingerprint density at radius 3 is 1.80 bits per heavy atom. The Kier molecular flexibility index (Phi) is 5.69. The molecule has 0 aliphatic heterocycles. The Bertz CT molecular complexity index is 85.6. The van der Waals surface area contributed by atoms with Crippen LogP contribution in [0.25, 0.3) is 0 Å². The summed E-state index contributed by atoms with van der Waals surface area (Å²) in [5, 5.41) is 16.1. The van der Waals surface area contributed by atoms with Crippen molar-refractivity contribution in [2.45, 2.75) is 0 Å². The Balaban J connectivity index is 3.09. The van der Waals surface area contributed by atoms with E-state index < -0.39 is 0 Å². The third kappa shape index (κ3) is 5.26. The molecule has 0 saturated carbocycles. The molecule has 0 radical (unpaired) electrons.